The van der Waals surface area contributed by atoms with Crippen LogP contribution in [-0.2, 0) is 18.4 Å². The Morgan fingerprint density at radius 1 is 1.42 bits per heavy atom. The highest BCUT2D eigenvalue weighted by molar-refractivity contribution is 7.70. The van der Waals surface area contributed by atoms with E-state index in [1.165, 1.54) is 6.07 Å². The third-order valence-electron chi connectivity index (χ3n) is 3.32. The van der Waals surface area contributed by atoms with Crippen LogP contribution in [0.2, 0.25) is 0 Å². The van der Waals surface area contributed by atoms with Crippen LogP contribution in [0.25, 0.3) is 0 Å². The number of aromatic nitrogens is 2. The Kier molecular flexibility index (Phi) is 6.16. The summed E-state index contributed by atoms with van der Waals surface area (Å²) in [6.45, 7) is -0.792. The van der Waals surface area contributed by atoms with Crippen molar-refractivity contribution in [2.24, 2.45) is 0 Å². The summed E-state index contributed by atoms with van der Waals surface area (Å²) < 4.78 is 46.2. The van der Waals surface area contributed by atoms with Crippen LogP contribution in [0.3, 0.4) is 0 Å². The van der Waals surface area contributed by atoms with Crippen LogP contribution in [-0.4, -0.2) is 54.1 Å². The monoisotopic (exact) mass is 415 g/mol. The maximum absolute atomic E-state index is 13.2. The Balaban J connectivity index is 2.16. The summed E-state index contributed by atoms with van der Waals surface area (Å²) in [5.41, 5.74) is 4.08. The first kappa shape index (κ1) is 20.9. The van der Waals surface area contributed by atoms with Crippen LogP contribution in [0.5, 0.6) is 0 Å². The normalized spacial score (nSPS) is 27.6. The fraction of sp³-hybridized carbons (Fsp3) is 0.455. The van der Waals surface area contributed by atoms with Crippen molar-refractivity contribution in [2.75, 3.05) is 18.2 Å². The number of ether oxygens (including phenoxy) is 1. The van der Waals surface area contributed by atoms with E-state index in [0.29, 0.717) is 0 Å². The third kappa shape index (κ3) is 5.06. The predicted octanol–water partition coefficient (Wildman–Crippen LogP) is -0.726. The number of anilines is 1. The van der Waals surface area contributed by atoms with Crippen LogP contribution in [0, 0.1) is 0 Å². The minimum Gasteiger partial charge on any atom is -0.386 e. The molecular formula is C11H16FN3O9P2. The van der Waals surface area contributed by atoms with Gasteiger partial charge >= 0.3 is 20.9 Å². The summed E-state index contributed by atoms with van der Waals surface area (Å²) in [5, 5.41) is 10.1. The molecule has 1 aliphatic rings. The van der Waals surface area contributed by atoms with Crippen molar-refractivity contribution < 1.29 is 42.6 Å². The largest absolute Gasteiger partial charge is 0.386 e. The quantitative estimate of drug-likeness (QED) is 0.368. The van der Waals surface area contributed by atoms with Crippen LogP contribution < -0.4 is 11.4 Å². The van der Waals surface area contributed by atoms with Crippen LogP contribution in [0.4, 0.5) is 10.2 Å². The van der Waals surface area contributed by atoms with Crippen molar-refractivity contribution in [3.8, 4) is 0 Å². The van der Waals surface area contributed by atoms with Gasteiger partial charge in [-0.2, -0.15) is 4.98 Å². The van der Waals surface area contributed by atoms with Crippen LogP contribution >= 0.6 is 15.2 Å². The fourth-order valence-electron chi connectivity index (χ4n) is 2.22. The molecule has 1 aromatic rings. The number of aliphatic hydroxyl groups excluding tert-OH is 1. The summed E-state index contributed by atoms with van der Waals surface area (Å²) in [6, 6.07) is 1.23. The maximum Gasteiger partial charge on any atom is 0.351 e. The number of hydrogen-bond donors (Lipinski definition) is 5. The summed E-state index contributed by atoms with van der Waals surface area (Å²) in [7, 11) is -9.53. The van der Waals surface area contributed by atoms with Gasteiger partial charge in [0.15, 0.2) is 12.1 Å². The molecule has 26 heavy (non-hydrogen) atoms. The van der Waals surface area contributed by atoms with E-state index in [9.17, 15) is 28.3 Å². The molecule has 0 aliphatic carbocycles. The zero-order valence-electron chi connectivity index (χ0n) is 13.0. The predicted molar refractivity (Wildman–Crippen MR) is 84.7 cm³/mol. The zero-order chi connectivity index (χ0) is 19.7. The minimum absolute atomic E-state index is 0.00626. The SMILES string of the molecule is Nc1ccn([C@@H]2O[C@H](COP(=O)(O)CP(=O)(O)O)[C@H](O)C2=CF)c(=O)n1. The second-order valence-corrected chi connectivity index (χ2v) is 9.36. The van der Waals surface area contributed by atoms with Crippen LogP contribution in [0.1, 0.15) is 6.23 Å². The smallest absolute Gasteiger partial charge is 0.351 e. The summed E-state index contributed by atoms with van der Waals surface area (Å²) in [6.07, 6.45) is -3.29. The molecule has 0 aromatic carbocycles. The minimum atomic E-state index is -4.83. The highest BCUT2D eigenvalue weighted by atomic mass is 31.2. The van der Waals surface area contributed by atoms with E-state index in [4.69, 9.17) is 20.3 Å². The second-order valence-electron chi connectivity index (χ2n) is 5.36. The first-order valence-corrected chi connectivity index (χ1v) is 10.5. The second kappa shape index (κ2) is 7.67. The Morgan fingerprint density at radius 3 is 2.62 bits per heavy atom. The molecule has 2 rings (SSSR count). The van der Waals surface area contributed by atoms with Crippen molar-refractivity contribution in [1.82, 2.24) is 9.55 Å². The van der Waals surface area contributed by atoms with Crippen molar-refractivity contribution >= 4 is 21.0 Å². The molecule has 1 saturated heterocycles. The van der Waals surface area contributed by atoms with E-state index in [0.717, 1.165) is 10.8 Å². The van der Waals surface area contributed by atoms with Gasteiger partial charge in [-0.15, -0.1) is 0 Å². The maximum atomic E-state index is 13.2. The van der Waals surface area contributed by atoms with Crippen molar-refractivity contribution in [2.45, 2.75) is 18.4 Å². The van der Waals surface area contributed by atoms with Gasteiger partial charge in [0.2, 0.25) is 0 Å². The van der Waals surface area contributed by atoms with E-state index in [-0.39, 0.29) is 17.7 Å². The Hall–Kier alpha value is -1.43. The first-order valence-electron chi connectivity index (χ1n) is 6.93. The molecule has 146 valence electrons. The van der Waals surface area contributed by atoms with Gasteiger partial charge in [-0.3, -0.25) is 13.7 Å². The lowest BCUT2D eigenvalue weighted by molar-refractivity contribution is -0.0410. The number of halogens is 1. The van der Waals surface area contributed by atoms with Gasteiger partial charge in [0.1, 0.15) is 18.0 Å². The van der Waals surface area contributed by atoms with Gasteiger partial charge in [-0.05, 0) is 6.07 Å². The molecule has 1 fully saturated rings. The molecule has 0 amide bonds. The average molecular weight is 415 g/mol. The van der Waals surface area contributed by atoms with Crippen LogP contribution in [0.15, 0.2) is 29.0 Å². The van der Waals surface area contributed by atoms with Gasteiger partial charge in [-0.1, -0.05) is 0 Å². The molecule has 15 heteroatoms. The highest BCUT2D eigenvalue weighted by Crippen LogP contribution is 2.55. The van der Waals surface area contributed by atoms with Gasteiger partial charge in [0.25, 0.3) is 0 Å². The van der Waals surface area contributed by atoms with Crippen molar-refractivity contribution in [3.05, 3.63) is 34.7 Å². The highest BCUT2D eigenvalue weighted by Gasteiger charge is 2.42. The van der Waals surface area contributed by atoms with Gasteiger partial charge in [0, 0.05) is 11.8 Å². The number of nitrogen functional groups attached to an aromatic ring is 1. The molecule has 0 bridgehead atoms. The molecule has 1 aliphatic heterocycles. The number of rotatable bonds is 6. The zero-order valence-corrected chi connectivity index (χ0v) is 14.7. The number of hydrogen-bond acceptors (Lipinski definition) is 8. The molecule has 0 radical (unpaired) electrons. The molecule has 2 heterocycles. The molecular weight excluding hydrogens is 399 g/mol. The average Bonchev–Trinajstić information content (AvgIpc) is 2.79. The van der Waals surface area contributed by atoms with E-state index in [2.05, 4.69) is 9.51 Å². The third-order valence-corrected chi connectivity index (χ3v) is 6.77. The van der Waals surface area contributed by atoms with E-state index >= 15 is 0 Å². The number of nitrogens with zero attached hydrogens (tertiary/aromatic N) is 2. The topological polar surface area (TPSA) is 194 Å². The summed E-state index contributed by atoms with van der Waals surface area (Å²) in [5.74, 6) is -1.52. The van der Waals surface area contributed by atoms with E-state index < -0.39 is 51.8 Å². The van der Waals surface area contributed by atoms with E-state index in [1.807, 2.05) is 0 Å². The standard InChI is InChI=1S/C11H16FN3O9P2/c12-3-6-9(16)7(4-23-26(21,22)5-25(18,19)20)24-10(6)15-2-1-8(13)14-11(15)17/h1-3,7,9-10,16H,4-5H2,(H,21,22)(H2,13,14,17)(H2,18,19,20)/t7-,9-,10-/m1/s1. The lowest BCUT2D eigenvalue weighted by atomic mass is 10.1. The lowest BCUT2D eigenvalue weighted by Gasteiger charge is -2.18. The van der Waals surface area contributed by atoms with Gasteiger partial charge in [0.05, 0.1) is 12.9 Å². The van der Waals surface area contributed by atoms with E-state index in [1.54, 1.807) is 0 Å². The summed E-state index contributed by atoms with van der Waals surface area (Å²) >= 11 is 0. The molecule has 0 saturated carbocycles. The molecule has 12 nitrogen and oxygen atoms in total. The molecule has 1 aromatic heterocycles. The molecule has 1 unspecified atom stereocenters. The van der Waals surface area contributed by atoms with Crippen molar-refractivity contribution in [1.29, 1.82) is 0 Å². The first-order chi connectivity index (χ1) is 11.9. The molecule has 6 N–H and O–H groups in total. The fourth-order valence-corrected chi connectivity index (χ4v) is 4.79. The Bertz CT molecular complexity index is 854. The summed E-state index contributed by atoms with van der Waals surface area (Å²) in [4.78, 5) is 42.1. The molecule has 4 atom stereocenters. The Morgan fingerprint density at radius 2 is 2.08 bits per heavy atom. The van der Waals surface area contributed by atoms with Gasteiger partial charge < -0.3 is 34.8 Å². The molecule has 0 spiro atoms. The lowest BCUT2D eigenvalue weighted by Crippen LogP contribution is -2.28. The van der Waals surface area contributed by atoms with Gasteiger partial charge in [-0.25, -0.2) is 9.18 Å². The Labute approximate surface area is 145 Å². The number of nitrogens with two attached hydrogens (primary N) is 1. The van der Waals surface area contributed by atoms with Crippen molar-refractivity contribution in [3.63, 3.8) is 0 Å². The number of aliphatic hydroxyl groups is 1.